The molecule has 1 aliphatic carbocycles. The number of fused-ring (bicyclic) bond motifs is 2. The molecule has 0 spiro atoms. The summed E-state index contributed by atoms with van der Waals surface area (Å²) in [5.74, 6) is -1.79. The van der Waals surface area contributed by atoms with Gasteiger partial charge in [-0.05, 0) is 48.7 Å². The number of nitrogens with two attached hydrogens (primary N) is 2. The Bertz CT molecular complexity index is 1510. The first-order chi connectivity index (χ1) is 20.7. The summed E-state index contributed by atoms with van der Waals surface area (Å²) in [4.78, 5) is 37.5. The summed E-state index contributed by atoms with van der Waals surface area (Å²) in [7, 11) is 0. The molecule has 0 amide bonds. The highest BCUT2D eigenvalue weighted by atomic mass is 16.5. The number of esters is 1. The number of rotatable bonds is 15. The number of anilines is 2. The van der Waals surface area contributed by atoms with Crippen molar-refractivity contribution in [1.82, 2.24) is 0 Å². The van der Waals surface area contributed by atoms with Gasteiger partial charge < -0.3 is 31.2 Å². The number of unbranched alkanes of at least 4 members (excludes halogenated alkanes) is 8. The number of aromatic hydroxyl groups is 2. The van der Waals surface area contributed by atoms with Crippen LogP contribution < -0.4 is 16.2 Å². The molecule has 0 aliphatic heterocycles. The highest BCUT2D eigenvalue weighted by molar-refractivity contribution is 6.34. The van der Waals surface area contributed by atoms with Gasteiger partial charge in [0.1, 0.15) is 17.2 Å². The number of carbonyl (C=O) groups is 3. The van der Waals surface area contributed by atoms with Crippen LogP contribution in [0, 0.1) is 0 Å². The Labute approximate surface area is 251 Å². The maximum absolute atomic E-state index is 13.4. The molecule has 0 heterocycles. The molecule has 0 radical (unpaired) electrons. The lowest BCUT2D eigenvalue weighted by molar-refractivity contribution is -0.137. The van der Waals surface area contributed by atoms with Crippen LogP contribution in [0.25, 0.3) is 11.1 Å². The van der Waals surface area contributed by atoms with Gasteiger partial charge in [0.15, 0.2) is 0 Å². The zero-order chi connectivity index (χ0) is 30.9. The molecule has 3 aromatic rings. The van der Waals surface area contributed by atoms with Gasteiger partial charge in [-0.1, -0.05) is 63.7 Å². The molecule has 9 heteroatoms. The van der Waals surface area contributed by atoms with E-state index >= 15 is 0 Å². The van der Waals surface area contributed by atoms with Gasteiger partial charge in [-0.2, -0.15) is 0 Å². The van der Waals surface area contributed by atoms with Crippen molar-refractivity contribution in [1.29, 1.82) is 0 Å². The van der Waals surface area contributed by atoms with Gasteiger partial charge in [0.05, 0.1) is 41.2 Å². The molecule has 43 heavy (non-hydrogen) atoms. The van der Waals surface area contributed by atoms with E-state index in [2.05, 4.69) is 6.58 Å². The van der Waals surface area contributed by atoms with Crippen LogP contribution in [0.1, 0.15) is 89.6 Å². The first-order valence-electron chi connectivity index (χ1n) is 14.6. The number of hydrogen-bond donors (Lipinski definition) is 4. The largest absolute Gasteiger partial charge is 0.507 e. The Morgan fingerprint density at radius 1 is 0.721 bits per heavy atom. The SMILES string of the molecule is C=CC(=O)OCCCCCCCCCCCOc1ccc(-c2cc(O)c3c(c2N)C(=O)c2c(O)ccc(N)c2C3=O)cc1. The summed E-state index contributed by atoms with van der Waals surface area (Å²) in [5.41, 5.74) is 12.7. The van der Waals surface area contributed by atoms with Crippen LogP contribution in [0.2, 0.25) is 0 Å². The minimum absolute atomic E-state index is 0.0290. The molecule has 1 aliphatic rings. The van der Waals surface area contributed by atoms with E-state index in [9.17, 15) is 24.6 Å². The second kappa shape index (κ2) is 14.4. The van der Waals surface area contributed by atoms with Crippen molar-refractivity contribution in [3.63, 3.8) is 0 Å². The Kier molecular flexibility index (Phi) is 10.4. The molecule has 0 bridgehead atoms. The number of nitrogen functional groups attached to an aromatic ring is 2. The van der Waals surface area contributed by atoms with Crippen LogP contribution in [-0.4, -0.2) is 41.0 Å². The normalized spacial score (nSPS) is 12.0. The molecule has 0 saturated heterocycles. The number of phenolic OH excluding ortho intramolecular Hbond substituents is 2. The lowest BCUT2D eigenvalue weighted by atomic mass is 9.80. The zero-order valence-corrected chi connectivity index (χ0v) is 24.2. The lowest BCUT2D eigenvalue weighted by Gasteiger charge is -2.23. The third kappa shape index (κ3) is 7.17. The van der Waals surface area contributed by atoms with E-state index in [1.165, 1.54) is 43.5 Å². The topological polar surface area (TPSA) is 162 Å². The maximum Gasteiger partial charge on any atom is 0.330 e. The number of hydrogen-bond acceptors (Lipinski definition) is 9. The average molecular weight is 587 g/mol. The van der Waals surface area contributed by atoms with Crippen LogP contribution >= 0.6 is 0 Å². The third-order valence-electron chi connectivity index (χ3n) is 7.60. The molecule has 226 valence electrons. The van der Waals surface area contributed by atoms with Gasteiger partial charge >= 0.3 is 5.97 Å². The van der Waals surface area contributed by atoms with E-state index in [1.54, 1.807) is 24.3 Å². The van der Waals surface area contributed by atoms with E-state index in [0.29, 0.717) is 30.1 Å². The summed E-state index contributed by atoms with van der Waals surface area (Å²) < 4.78 is 10.8. The standard InChI is InChI=1S/C34H38N2O7/c1-2-27(39)43-19-11-9-7-5-3-4-6-8-10-18-42-22-14-12-21(13-15-22)23-20-26(38)30-31(32(23)36)34(41)29-25(37)17-16-24(35)28(29)33(30)40/h2,12-17,20,37-38H,1,3-11,18-19,35-36H2. The molecule has 0 atom stereocenters. The van der Waals surface area contributed by atoms with Crippen LogP contribution in [-0.2, 0) is 9.53 Å². The van der Waals surface area contributed by atoms with Crippen molar-refractivity contribution in [3.05, 3.63) is 77.4 Å². The van der Waals surface area contributed by atoms with Crippen molar-refractivity contribution in [2.45, 2.75) is 57.8 Å². The molecule has 0 fully saturated rings. The molecule has 4 rings (SSSR count). The Balaban J connectivity index is 1.25. The summed E-state index contributed by atoms with van der Waals surface area (Å²) in [6, 6.07) is 11.1. The minimum atomic E-state index is -0.673. The number of benzene rings is 3. The molecule has 9 nitrogen and oxygen atoms in total. The summed E-state index contributed by atoms with van der Waals surface area (Å²) in [6.07, 6.45) is 11.0. The Morgan fingerprint density at radius 2 is 1.28 bits per heavy atom. The first-order valence-corrected chi connectivity index (χ1v) is 14.6. The quantitative estimate of drug-likeness (QED) is 0.0410. The van der Waals surface area contributed by atoms with E-state index < -0.39 is 17.3 Å². The zero-order valence-electron chi connectivity index (χ0n) is 24.2. The van der Waals surface area contributed by atoms with Crippen LogP contribution in [0.4, 0.5) is 11.4 Å². The van der Waals surface area contributed by atoms with Gasteiger partial charge in [-0.3, -0.25) is 9.59 Å². The van der Waals surface area contributed by atoms with Crippen molar-refractivity contribution < 1.29 is 34.1 Å². The smallest absolute Gasteiger partial charge is 0.330 e. The fraction of sp³-hybridized carbons (Fsp3) is 0.324. The molecular formula is C34H38N2O7. The maximum atomic E-state index is 13.4. The summed E-state index contributed by atoms with van der Waals surface area (Å²) >= 11 is 0. The van der Waals surface area contributed by atoms with Crippen LogP contribution in [0.15, 0.2) is 55.1 Å². The molecule has 3 aromatic carbocycles. The summed E-state index contributed by atoms with van der Waals surface area (Å²) in [5, 5.41) is 21.1. The second-order valence-corrected chi connectivity index (χ2v) is 10.6. The van der Waals surface area contributed by atoms with Crippen molar-refractivity contribution in [3.8, 4) is 28.4 Å². The molecule has 0 aromatic heterocycles. The van der Waals surface area contributed by atoms with Gasteiger partial charge in [-0.15, -0.1) is 0 Å². The van der Waals surface area contributed by atoms with E-state index in [1.807, 2.05) is 0 Å². The molecule has 0 unspecified atom stereocenters. The highest BCUT2D eigenvalue weighted by Crippen LogP contribution is 2.44. The number of carbonyl (C=O) groups excluding carboxylic acids is 3. The van der Waals surface area contributed by atoms with E-state index in [0.717, 1.165) is 38.5 Å². The number of ether oxygens (including phenoxy) is 2. The highest BCUT2D eigenvalue weighted by Gasteiger charge is 2.38. The number of ketones is 2. The fourth-order valence-corrected chi connectivity index (χ4v) is 5.31. The van der Waals surface area contributed by atoms with Crippen molar-refractivity contribution >= 4 is 28.9 Å². The second-order valence-electron chi connectivity index (χ2n) is 10.6. The third-order valence-corrected chi connectivity index (χ3v) is 7.60. The van der Waals surface area contributed by atoms with Crippen LogP contribution in [0.3, 0.4) is 0 Å². The van der Waals surface area contributed by atoms with Gasteiger partial charge in [0, 0.05) is 17.3 Å². The predicted molar refractivity (Wildman–Crippen MR) is 166 cm³/mol. The monoisotopic (exact) mass is 586 g/mol. The summed E-state index contributed by atoms with van der Waals surface area (Å²) in [6.45, 7) is 4.42. The average Bonchev–Trinajstić information content (AvgIpc) is 3.00. The predicted octanol–water partition coefficient (Wildman–Crippen LogP) is 6.32. The van der Waals surface area contributed by atoms with Gasteiger partial charge in [0.25, 0.3) is 0 Å². The minimum Gasteiger partial charge on any atom is -0.507 e. The van der Waals surface area contributed by atoms with Crippen molar-refractivity contribution in [2.75, 3.05) is 24.7 Å². The molecular weight excluding hydrogens is 548 g/mol. The van der Waals surface area contributed by atoms with Crippen molar-refractivity contribution in [2.24, 2.45) is 0 Å². The number of phenols is 2. The Morgan fingerprint density at radius 3 is 1.91 bits per heavy atom. The van der Waals surface area contributed by atoms with Crippen LogP contribution in [0.5, 0.6) is 17.2 Å². The molecule has 6 N–H and O–H groups in total. The van der Waals surface area contributed by atoms with Gasteiger partial charge in [0.2, 0.25) is 11.6 Å². The Hall–Kier alpha value is -4.79. The lowest BCUT2D eigenvalue weighted by Crippen LogP contribution is -2.24. The van der Waals surface area contributed by atoms with E-state index in [-0.39, 0.29) is 45.3 Å². The molecule has 0 saturated carbocycles. The first kappa shape index (κ1) is 31.2. The fourth-order valence-electron chi connectivity index (χ4n) is 5.31. The van der Waals surface area contributed by atoms with Gasteiger partial charge in [-0.25, -0.2) is 4.79 Å². The van der Waals surface area contributed by atoms with E-state index in [4.69, 9.17) is 20.9 Å².